The van der Waals surface area contributed by atoms with Crippen molar-refractivity contribution in [3.05, 3.63) is 45.7 Å². The van der Waals surface area contributed by atoms with E-state index < -0.39 is 0 Å². The smallest absolute Gasteiger partial charge is 0.0992 e. The van der Waals surface area contributed by atoms with Gasteiger partial charge in [0.25, 0.3) is 0 Å². The van der Waals surface area contributed by atoms with Crippen molar-refractivity contribution in [3.8, 4) is 6.07 Å². The largest absolute Gasteiger partial charge is 0.377 e. The highest BCUT2D eigenvalue weighted by Crippen LogP contribution is 2.29. The van der Waals surface area contributed by atoms with Gasteiger partial charge in [0, 0.05) is 17.8 Å². The van der Waals surface area contributed by atoms with Crippen molar-refractivity contribution in [3.63, 3.8) is 0 Å². The third-order valence-corrected chi connectivity index (χ3v) is 3.95. The van der Waals surface area contributed by atoms with Crippen LogP contribution in [0.5, 0.6) is 0 Å². The number of aromatic nitrogens is 2. The van der Waals surface area contributed by atoms with Gasteiger partial charge in [0.1, 0.15) is 0 Å². The highest BCUT2D eigenvalue weighted by Gasteiger charge is 2.17. The molecule has 1 atom stereocenters. The zero-order valence-electron chi connectivity index (χ0n) is 12.7. The molecule has 1 N–H and O–H groups in total. The van der Waals surface area contributed by atoms with E-state index in [9.17, 15) is 0 Å². The number of halogens is 1. The Morgan fingerprint density at radius 3 is 2.67 bits per heavy atom. The summed E-state index contributed by atoms with van der Waals surface area (Å²) >= 11 is 6.22. The molecule has 4 nitrogen and oxygen atoms in total. The zero-order valence-corrected chi connectivity index (χ0v) is 13.5. The van der Waals surface area contributed by atoms with Gasteiger partial charge in [0.2, 0.25) is 0 Å². The first kappa shape index (κ1) is 15.4. The monoisotopic (exact) mass is 302 g/mol. The number of nitrogens with zero attached hydrogens (tertiary/aromatic N) is 3. The van der Waals surface area contributed by atoms with Gasteiger partial charge < -0.3 is 5.32 Å². The molecule has 0 saturated heterocycles. The summed E-state index contributed by atoms with van der Waals surface area (Å²) in [4.78, 5) is 0. The second-order valence-electron chi connectivity index (χ2n) is 5.07. The number of rotatable bonds is 4. The fourth-order valence-electron chi connectivity index (χ4n) is 2.65. The molecule has 0 aliphatic rings. The molecule has 1 heterocycles. The highest BCUT2D eigenvalue weighted by molar-refractivity contribution is 6.33. The summed E-state index contributed by atoms with van der Waals surface area (Å²) in [7, 11) is 0. The Hall–Kier alpha value is -1.99. The number of nitrogens with one attached hydrogen (secondary N) is 1. The molecule has 2 rings (SSSR count). The topological polar surface area (TPSA) is 53.6 Å². The average molecular weight is 303 g/mol. The molecule has 0 aliphatic carbocycles. The lowest BCUT2D eigenvalue weighted by Gasteiger charge is -2.17. The minimum absolute atomic E-state index is 0.0933. The Labute approximate surface area is 130 Å². The predicted molar refractivity (Wildman–Crippen MR) is 85.6 cm³/mol. The molecule has 0 fully saturated rings. The van der Waals surface area contributed by atoms with Crippen molar-refractivity contribution in [1.82, 2.24) is 9.78 Å². The summed E-state index contributed by atoms with van der Waals surface area (Å²) in [5.74, 6) is 0. The van der Waals surface area contributed by atoms with Gasteiger partial charge in [0.05, 0.1) is 34.1 Å². The van der Waals surface area contributed by atoms with Crippen LogP contribution in [0.15, 0.2) is 18.2 Å². The van der Waals surface area contributed by atoms with Gasteiger partial charge in [-0.15, -0.1) is 0 Å². The van der Waals surface area contributed by atoms with Crippen molar-refractivity contribution >= 4 is 17.3 Å². The SMILES string of the molecule is CCn1nc(C)c(C(C)Nc2ccc(C#N)cc2Cl)c1C. The molecule has 5 heteroatoms. The van der Waals surface area contributed by atoms with Gasteiger partial charge in [0.15, 0.2) is 0 Å². The summed E-state index contributed by atoms with van der Waals surface area (Å²) in [5.41, 5.74) is 4.77. The van der Waals surface area contributed by atoms with E-state index in [2.05, 4.69) is 37.3 Å². The number of anilines is 1. The third-order valence-electron chi connectivity index (χ3n) is 3.64. The Morgan fingerprint density at radius 1 is 1.43 bits per heavy atom. The lowest BCUT2D eigenvalue weighted by atomic mass is 10.1. The molecule has 1 unspecified atom stereocenters. The van der Waals surface area contributed by atoms with Crippen molar-refractivity contribution in [2.45, 2.75) is 40.3 Å². The van der Waals surface area contributed by atoms with E-state index in [1.165, 1.54) is 11.3 Å². The first-order valence-corrected chi connectivity index (χ1v) is 7.35. The Bertz CT molecular complexity index is 697. The summed E-state index contributed by atoms with van der Waals surface area (Å²) < 4.78 is 2.00. The van der Waals surface area contributed by atoms with E-state index in [-0.39, 0.29) is 6.04 Å². The fraction of sp³-hybridized carbons (Fsp3) is 0.375. The van der Waals surface area contributed by atoms with Crippen LogP contribution in [0.2, 0.25) is 5.02 Å². The predicted octanol–water partition coefficient (Wildman–Crippen LogP) is 4.22. The summed E-state index contributed by atoms with van der Waals surface area (Å²) in [6, 6.07) is 7.45. The maximum atomic E-state index is 8.88. The number of hydrogen-bond donors (Lipinski definition) is 1. The highest BCUT2D eigenvalue weighted by atomic mass is 35.5. The third kappa shape index (κ3) is 3.03. The number of hydrogen-bond acceptors (Lipinski definition) is 3. The van der Waals surface area contributed by atoms with E-state index in [1.807, 2.05) is 17.7 Å². The van der Waals surface area contributed by atoms with E-state index >= 15 is 0 Å². The van der Waals surface area contributed by atoms with Crippen molar-refractivity contribution in [2.24, 2.45) is 0 Å². The minimum atomic E-state index is 0.0933. The van der Waals surface area contributed by atoms with E-state index in [0.29, 0.717) is 10.6 Å². The van der Waals surface area contributed by atoms with Gasteiger partial charge in [-0.1, -0.05) is 11.6 Å². The molecule has 1 aromatic carbocycles. The van der Waals surface area contributed by atoms with Gasteiger partial charge >= 0.3 is 0 Å². The van der Waals surface area contributed by atoms with Crippen LogP contribution >= 0.6 is 11.6 Å². The minimum Gasteiger partial charge on any atom is -0.377 e. The van der Waals surface area contributed by atoms with Crippen LogP contribution in [0.1, 0.15) is 42.4 Å². The van der Waals surface area contributed by atoms with Gasteiger partial charge in [-0.25, -0.2) is 0 Å². The molecule has 0 saturated carbocycles. The Kier molecular flexibility index (Phi) is 4.54. The van der Waals surface area contributed by atoms with Crippen molar-refractivity contribution in [1.29, 1.82) is 5.26 Å². The molecule has 0 radical (unpaired) electrons. The Morgan fingerprint density at radius 2 is 2.14 bits per heavy atom. The molecule has 0 aliphatic heterocycles. The molecular weight excluding hydrogens is 284 g/mol. The van der Waals surface area contributed by atoms with Crippen LogP contribution in [0.4, 0.5) is 5.69 Å². The number of nitriles is 1. The van der Waals surface area contributed by atoms with Crippen LogP contribution in [0.3, 0.4) is 0 Å². The van der Waals surface area contributed by atoms with Crippen LogP contribution in [-0.2, 0) is 6.54 Å². The molecule has 0 spiro atoms. The summed E-state index contributed by atoms with van der Waals surface area (Å²) in [6.45, 7) is 9.13. The first-order chi connectivity index (χ1) is 9.97. The molecular formula is C16H19ClN4. The van der Waals surface area contributed by atoms with Crippen LogP contribution in [-0.4, -0.2) is 9.78 Å². The van der Waals surface area contributed by atoms with Gasteiger partial charge in [-0.05, 0) is 45.9 Å². The molecule has 21 heavy (non-hydrogen) atoms. The number of benzene rings is 1. The maximum absolute atomic E-state index is 8.88. The van der Waals surface area contributed by atoms with Gasteiger partial charge in [-0.2, -0.15) is 10.4 Å². The summed E-state index contributed by atoms with van der Waals surface area (Å²) in [6.07, 6.45) is 0. The first-order valence-electron chi connectivity index (χ1n) is 6.98. The zero-order chi connectivity index (χ0) is 15.6. The van der Waals surface area contributed by atoms with Crippen LogP contribution < -0.4 is 5.32 Å². The molecule has 0 amide bonds. The van der Waals surface area contributed by atoms with E-state index in [1.54, 1.807) is 12.1 Å². The van der Waals surface area contributed by atoms with Gasteiger partial charge in [-0.3, -0.25) is 4.68 Å². The second-order valence-corrected chi connectivity index (χ2v) is 5.48. The van der Waals surface area contributed by atoms with E-state index in [4.69, 9.17) is 16.9 Å². The second kappa shape index (κ2) is 6.19. The normalized spacial score (nSPS) is 12.0. The molecule has 110 valence electrons. The van der Waals surface area contributed by atoms with Crippen LogP contribution in [0.25, 0.3) is 0 Å². The fourth-order valence-corrected chi connectivity index (χ4v) is 2.89. The average Bonchev–Trinajstić information content (AvgIpc) is 2.75. The van der Waals surface area contributed by atoms with Crippen molar-refractivity contribution < 1.29 is 0 Å². The lowest BCUT2D eigenvalue weighted by Crippen LogP contribution is -2.09. The molecule has 0 bridgehead atoms. The Balaban J connectivity index is 2.28. The standard InChI is InChI=1S/C16H19ClN4/c1-5-21-12(4)16(11(3)20-21)10(2)19-15-7-6-13(9-18)8-14(15)17/h6-8,10,19H,5H2,1-4H3. The van der Waals surface area contributed by atoms with E-state index in [0.717, 1.165) is 17.9 Å². The van der Waals surface area contributed by atoms with Crippen LogP contribution in [0, 0.1) is 25.2 Å². The summed E-state index contributed by atoms with van der Waals surface area (Å²) in [5, 5.41) is 17.4. The number of aryl methyl sites for hydroxylation is 2. The quantitative estimate of drug-likeness (QED) is 0.920. The lowest BCUT2D eigenvalue weighted by molar-refractivity contribution is 0.632. The maximum Gasteiger partial charge on any atom is 0.0992 e. The molecule has 2 aromatic rings. The van der Waals surface area contributed by atoms with Crippen molar-refractivity contribution in [2.75, 3.05) is 5.32 Å². The molecule has 1 aromatic heterocycles.